The van der Waals surface area contributed by atoms with Crippen LogP contribution < -0.4 is 0 Å². The Balaban J connectivity index is 2.41. The second-order valence-corrected chi connectivity index (χ2v) is 2.89. The third-order valence-corrected chi connectivity index (χ3v) is 1.76. The predicted molar refractivity (Wildman–Crippen MR) is 53.8 cm³/mol. The summed E-state index contributed by atoms with van der Waals surface area (Å²) < 4.78 is 0. The Hall–Kier alpha value is -1.31. The molecule has 0 spiro atoms. The first-order chi connectivity index (χ1) is 6.33. The molecule has 1 radical (unpaired) electrons. The molecule has 2 nitrogen and oxygen atoms in total. The molecular weight excluding hydrogens is 162 g/mol. The van der Waals surface area contributed by atoms with E-state index in [0.717, 1.165) is 12.0 Å². The van der Waals surface area contributed by atoms with Crippen molar-refractivity contribution in [3.63, 3.8) is 0 Å². The molecule has 13 heavy (non-hydrogen) atoms. The molecule has 1 rings (SSSR count). The molecule has 0 fully saturated rings. The van der Waals surface area contributed by atoms with E-state index in [1.807, 2.05) is 37.3 Å². The maximum Gasteiger partial charge on any atom is 0.139 e. The van der Waals surface area contributed by atoms with Crippen molar-refractivity contribution in [1.82, 2.24) is 0 Å². The Labute approximate surface area is 79.2 Å². The zero-order valence-electron chi connectivity index (χ0n) is 8.03. The van der Waals surface area contributed by atoms with Crippen molar-refractivity contribution in [2.75, 3.05) is 0 Å². The summed E-state index contributed by atoms with van der Waals surface area (Å²) in [6, 6.07) is 9.72. The van der Waals surface area contributed by atoms with Gasteiger partial charge >= 0.3 is 0 Å². The number of nitrogens with zero attached hydrogens (tertiary/aromatic N) is 1. The second-order valence-electron chi connectivity index (χ2n) is 2.89. The highest BCUT2D eigenvalue weighted by Crippen LogP contribution is 1.98. The highest BCUT2D eigenvalue weighted by Gasteiger charge is 1.94. The first-order valence-corrected chi connectivity index (χ1v) is 4.50. The summed E-state index contributed by atoms with van der Waals surface area (Å²) in [6.45, 7) is 4.04. The van der Waals surface area contributed by atoms with Gasteiger partial charge in [-0.05, 0) is 13.3 Å². The summed E-state index contributed by atoms with van der Waals surface area (Å²) in [5.74, 6) is 0. The monoisotopic (exact) mass is 176 g/mol. The van der Waals surface area contributed by atoms with Gasteiger partial charge in [0, 0.05) is 5.56 Å². The summed E-state index contributed by atoms with van der Waals surface area (Å²) in [5.41, 5.74) is 0.936. The van der Waals surface area contributed by atoms with Gasteiger partial charge < -0.3 is 4.84 Å². The Morgan fingerprint density at radius 2 is 2.08 bits per heavy atom. The Bertz CT molecular complexity index is 256. The normalized spacial score (nSPS) is 13.1. The lowest BCUT2D eigenvalue weighted by molar-refractivity contribution is 0.0712. The fourth-order valence-corrected chi connectivity index (χ4v) is 0.756. The molecule has 0 aliphatic rings. The van der Waals surface area contributed by atoms with Crippen LogP contribution in [0.4, 0.5) is 0 Å². The first-order valence-electron chi connectivity index (χ1n) is 4.50. The van der Waals surface area contributed by atoms with Gasteiger partial charge in [0.25, 0.3) is 0 Å². The van der Waals surface area contributed by atoms with E-state index in [4.69, 9.17) is 4.84 Å². The average Bonchev–Trinajstić information content (AvgIpc) is 2.19. The second kappa shape index (κ2) is 5.36. The van der Waals surface area contributed by atoms with Gasteiger partial charge in [-0.1, -0.05) is 42.4 Å². The molecular formula is C11H14NO. The van der Waals surface area contributed by atoms with Crippen LogP contribution in [0.3, 0.4) is 0 Å². The van der Waals surface area contributed by atoms with Gasteiger partial charge in [-0.2, -0.15) is 0 Å². The van der Waals surface area contributed by atoms with E-state index >= 15 is 0 Å². The van der Waals surface area contributed by atoms with Crippen molar-refractivity contribution < 1.29 is 4.84 Å². The molecule has 69 valence electrons. The van der Waals surface area contributed by atoms with E-state index in [2.05, 4.69) is 18.3 Å². The Morgan fingerprint density at radius 3 is 2.69 bits per heavy atom. The van der Waals surface area contributed by atoms with Crippen LogP contribution in [0.1, 0.15) is 25.8 Å². The van der Waals surface area contributed by atoms with E-state index in [0.29, 0.717) is 0 Å². The van der Waals surface area contributed by atoms with Crippen LogP contribution in [0, 0.1) is 0 Å². The standard InChI is InChI=1S/C11H14NO/c1-3-10(2)13-12-9-11-7-5-4-6-8-11/h4-8,10H,3H2,1-2H3. The van der Waals surface area contributed by atoms with Gasteiger partial charge in [0.1, 0.15) is 12.3 Å². The topological polar surface area (TPSA) is 21.6 Å². The summed E-state index contributed by atoms with van der Waals surface area (Å²) >= 11 is 0. The lowest BCUT2D eigenvalue weighted by Gasteiger charge is -2.03. The molecule has 0 saturated carbocycles. The maximum absolute atomic E-state index is 5.11. The van der Waals surface area contributed by atoms with Gasteiger partial charge in [0.2, 0.25) is 0 Å². The maximum atomic E-state index is 5.11. The van der Waals surface area contributed by atoms with E-state index in [1.165, 1.54) is 0 Å². The molecule has 0 aromatic heterocycles. The lowest BCUT2D eigenvalue weighted by atomic mass is 10.2. The third kappa shape index (κ3) is 3.74. The highest BCUT2D eigenvalue weighted by atomic mass is 16.6. The van der Waals surface area contributed by atoms with Gasteiger partial charge in [-0.15, -0.1) is 0 Å². The molecule has 0 heterocycles. The van der Waals surface area contributed by atoms with Crippen molar-refractivity contribution in [3.05, 3.63) is 35.9 Å². The fraction of sp³-hybridized carbons (Fsp3) is 0.364. The number of benzene rings is 1. The quantitative estimate of drug-likeness (QED) is 0.510. The van der Waals surface area contributed by atoms with E-state index in [1.54, 1.807) is 0 Å². The molecule has 0 bridgehead atoms. The Morgan fingerprint density at radius 1 is 1.38 bits per heavy atom. The van der Waals surface area contributed by atoms with Gasteiger partial charge in [-0.3, -0.25) is 0 Å². The van der Waals surface area contributed by atoms with E-state index in [-0.39, 0.29) is 6.10 Å². The summed E-state index contributed by atoms with van der Waals surface area (Å²) in [5, 5.41) is 3.76. The molecule has 1 aromatic rings. The average molecular weight is 176 g/mol. The van der Waals surface area contributed by atoms with Crippen LogP contribution in [-0.2, 0) is 4.84 Å². The SMILES string of the molecule is CCC(C)O/N=[C]/c1ccccc1. The minimum absolute atomic E-state index is 0.163. The number of hydrogen-bond acceptors (Lipinski definition) is 2. The van der Waals surface area contributed by atoms with Crippen LogP contribution in [0.25, 0.3) is 0 Å². The highest BCUT2D eigenvalue weighted by molar-refractivity contribution is 5.78. The number of hydrogen-bond donors (Lipinski definition) is 0. The van der Waals surface area contributed by atoms with Crippen LogP contribution in [0.15, 0.2) is 35.5 Å². The van der Waals surface area contributed by atoms with Gasteiger partial charge in [0.05, 0.1) is 0 Å². The molecule has 1 unspecified atom stereocenters. The third-order valence-electron chi connectivity index (χ3n) is 1.76. The van der Waals surface area contributed by atoms with E-state index < -0.39 is 0 Å². The molecule has 0 amide bonds. The smallest absolute Gasteiger partial charge is 0.139 e. The first kappa shape index (κ1) is 9.78. The molecule has 1 aromatic carbocycles. The molecule has 0 aliphatic carbocycles. The zero-order valence-corrected chi connectivity index (χ0v) is 8.03. The number of rotatable bonds is 4. The van der Waals surface area contributed by atoms with Crippen molar-refractivity contribution in [2.45, 2.75) is 26.4 Å². The summed E-state index contributed by atoms with van der Waals surface area (Å²) in [4.78, 5) is 5.11. The van der Waals surface area contributed by atoms with E-state index in [9.17, 15) is 0 Å². The predicted octanol–water partition coefficient (Wildman–Crippen LogP) is 2.71. The minimum Gasteiger partial charge on any atom is -0.392 e. The van der Waals surface area contributed by atoms with Gasteiger partial charge in [0.15, 0.2) is 0 Å². The largest absolute Gasteiger partial charge is 0.392 e. The molecule has 0 aliphatic heterocycles. The van der Waals surface area contributed by atoms with Crippen molar-refractivity contribution >= 4 is 6.21 Å². The van der Waals surface area contributed by atoms with Crippen LogP contribution in [-0.4, -0.2) is 12.3 Å². The molecule has 1 atom stereocenters. The zero-order chi connectivity index (χ0) is 9.52. The van der Waals surface area contributed by atoms with Gasteiger partial charge in [-0.25, -0.2) is 0 Å². The summed E-state index contributed by atoms with van der Waals surface area (Å²) in [6.07, 6.45) is 3.93. The lowest BCUT2D eigenvalue weighted by Crippen LogP contribution is -2.01. The molecule has 0 N–H and O–H groups in total. The summed E-state index contributed by atoms with van der Waals surface area (Å²) in [7, 11) is 0. The van der Waals surface area contributed by atoms with Crippen molar-refractivity contribution in [1.29, 1.82) is 0 Å². The Kier molecular flexibility index (Phi) is 4.03. The van der Waals surface area contributed by atoms with Crippen LogP contribution >= 0.6 is 0 Å². The molecule has 0 saturated heterocycles. The minimum atomic E-state index is 0.163. The molecule has 2 heteroatoms. The van der Waals surface area contributed by atoms with Crippen LogP contribution in [0.2, 0.25) is 0 Å². The van der Waals surface area contributed by atoms with Crippen molar-refractivity contribution in [3.8, 4) is 0 Å². The fourth-order valence-electron chi connectivity index (χ4n) is 0.756. The van der Waals surface area contributed by atoms with Crippen molar-refractivity contribution in [2.24, 2.45) is 5.16 Å². The van der Waals surface area contributed by atoms with Crippen LogP contribution in [0.5, 0.6) is 0 Å².